The number of anilines is 1. The molecule has 0 amide bonds. The topological polar surface area (TPSA) is 21.3 Å². The summed E-state index contributed by atoms with van der Waals surface area (Å²) in [4.78, 5) is 0. The Labute approximate surface area is 153 Å². The molecule has 0 saturated heterocycles. The smallest absolute Gasteiger partial charge is 0.138 e. The van der Waals surface area contributed by atoms with E-state index in [2.05, 4.69) is 74.0 Å². The van der Waals surface area contributed by atoms with Crippen LogP contribution in [-0.4, -0.2) is 15.2 Å². The largest absolute Gasteiger partial charge is 0.497 e. The lowest BCUT2D eigenvalue weighted by Gasteiger charge is -2.20. The second-order valence-electron chi connectivity index (χ2n) is 6.34. The molecule has 0 aliphatic carbocycles. The summed E-state index contributed by atoms with van der Waals surface area (Å²) in [5.41, 5.74) is 7.12. The highest BCUT2D eigenvalue weighted by molar-refractivity contribution is 6.87. The quantitative estimate of drug-likeness (QED) is 0.510. The van der Waals surface area contributed by atoms with Crippen molar-refractivity contribution < 1.29 is 4.74 Å². The van der Waals surface area contributed by atoms with E-state index in [4.69, 9.17) is 4.74 Å². The standard InChI is InChI=1S/C22H29NOSi/c1-5-25(6-2,7-3)17-16-20-10-8-9-11-22(20)23-18-19-12-14-21(24-4)15-13-19/h8-15,23H,5-7,18H2,1-4H3. The van der Waals surface area contributed by atoms with Gasteiger partial charge in [-0.1, -0.05) is 51.0 Å². The lowest BCUT2D eigenvalue weighted by molar-refractivity contribution is 0.414. The molecule has 0 atom stereocenters. The van der Waals surface area contributed by atoms with Gasteiger partial charge >= 0.3 is 0 Å². The molecule has 3 heteroatoms. The predicted molar refractivity (Wildman–Crippen MR) is 111 cm³/mol. The van der Waals surface area contributed by atoms with E-state index >= 15 is 0 Å². The second kappa shape index (κ2) is 9.34. The van der Waals surface area contributed by atoms with Crippen molar-refractivity contribution in [3.8, 4) is 17.2 Å². The maximum absolute atomic E-state index is 5.21. The van der Waals surface area contributed by atoms with Gasteiger partial charge in [-0.25, -0.2) is 0 Å². The number of rotatable bonds is 7. The van der Waals surface area contributed by atoms with Gasteiger partial charge in [0.25, 0.3) is 0 Å². The molecular weight excluding hydrogens is 322 g/mol. The molecule has 0 aliphatic rings. The van der Waals surface area contributed by atoms with Crippen LogP contribution >= 0.6 is 0 Å². The minimum Gasteiger partial charge on any atom is -0.497 e. The van der Waals surface area contributed by atoms with Crippen molar-refractivity contribution in [1.29, 1.82) is 0 Å². The van der Waals surface area contributed by atoms with Crippen LogP contribution in [0.5, 0.6) is 5.75 Å². The van der Waals surface area contributed by atoms with Crippen molar-refractivity contribution in [3.05, 3.63) is 59.7 Å². The third kappa shape index (κ3) is 5.14. The Morgan fingerprint density at radius 1 is 0.920 bits per heavy atom. The highest BCUT2D eigenvalue weighted by Crippen LogP contribution is 2.21. The normalized spacial score (nSPS) is 10.7. The molecule has 0 spiro atoms. The molecule has 2 nitrogen and oxygen atoms in total. The summed E-state index contributed by atoms with van der Waals surface area (Å²) in [5, 5.41) is 3.53. The molecule has 2 aromatic rings. The summed E-state index contributed by atoms with van der Waals surface area (Å²) in [5.74, 6) is 4.37. The van der Waals surface area contributed by atoms with E-state index in [1.54, 1.807) is 7.11 Å². The van der Waals surface area contributed by atoms with E-state index in [0.29, 0.717) is 0 Å². The number of methoxy groups -OCH3 is 1. The van der Waals surface area contributed by atoms with Gasteiger partial charge in [-0.05, 0) is 48.0 Å². The van der Waals surface area contributed by atoms with Gasteiger partial charge in [0, 0.05) is 12.1 Å². The minimum absolute atomic E-state index is 0.778. The van der Waals surface area contributed by atoms with Crippen LogP contribution in [0.25, 0.3) is 0 Å². The maximum Gasteiger partial charge on any atom is 0.138 e. The summed E-state index contributed by atoms with van der Waals surface area (Å²) in [6.45, 7) is 7.66. The number of para-hydroxylation sites is 1. The zero-order chi connectivity index (χ0) is 18.1. The molecule has 0 bridgehead atoms. The molecule has 0 unspecified atom stereocenters. The van der Waals surface area contributed by atoms with Crippen molar-refractivity contribution in [2.45, 2.75) is 45.4 Å². The van der Waals surface area contributed by atoms with Crippen LogP contribution in [0.3, 0.4) is 0 Å². The number of hydrogen-bond donors (Lipinski definition) is 1. The van der Waals surface area contributed by atoms with E-state index in [1.807, 2.05) is 12.1 Å². The van der Waals surface area contributed by atoms with E-state index in [0.717, 1.165) is 23.5 Å². The summed E-state index contributed by atoms with van der Waals surface area (Å²) in [6.07, 6.45) is 0. The zero-order valence-electron chi connectivity index (χ0n) is 15.9. The van der Waals surface area contributed by atoms with Crippen molar-refractivity contribution in [1.82, 2.24) is 0 Å². The summed E-state index contributed by atoms with van der Waals surface area (Å²) < 4.78 is 5.21. The Balaban J connectivity index is 2.15. The van der Waals surface area contributed by atoms with Gasteiger partial charge in [0.1, 0.15) is 13.8 Å². The van der Waals surface area contributed by atoms with Crippen LogP contribution in [0.15, 0.2) is 48.5 Å². The Kier molecular flexibility index (Phi) is 7.15. The molecule has 2 aromatic carbocycles. The van der Waals surface area contributed by atoms with Gasteiger partial charge in [0.15, 0.2) is 0 Å². The first-order valence-electron chi connectivity index (χ1n) is 9.15. The Morgan fingerprint density at radius 3 is 2.16 bits per heavy atom. The third-order valence-corrected chi connectivity index (χ3v) is 9.78. The lowest BCUT2D eigenvalue weighted by atomic mass is 10.1. The van der Waals surface area contributed by atoms with Gasteiger partial charge in [-0.2, -0.15) is 0 Å². The Hall–Kier alpha value is -2.18. The number of hydrogen-bond acceptors (Lipinski definition) is 2. The molecule has 0 aromatic heterocycles. The van der Waals surface area contributed by atoms with Crippen molar-refractivity contribution in [3.63, 3.8) is 0 Å². The molecular formula is C22H29NOSi. The number of nitrogens with one attached hydrogen (secondary N) is 1. The average Bonchev–Trinajstić information content (AvgIpc) is 2.69. The summed E-state index contributed by atoms with van der Waals surface area (Å²) >= 11 is 0. The van der Waals surface area contributed by atoms with Crippen molar-refractivity contribution >= 4 is 13.8 Å². The number of ether oxygens (including phenoxy) is 1. The molecule has 0 aliphatic heterocycles. The third-order valence-electron chi connectivity index (χ3n) is 5.06. The fraction of sp³-hybridized carbons (Fsp3) is 0.364. The fourth-order valence-electron chi connectivity index (χ4n) is 2.90. The molecule has 0 fully saturated rings. The first-order chi connectivity index (χ1) is 12.2. The van der Waals surface area contributed by atoms with Crippen LogP contribution in [0.1, 0.15) is 31.9 Å². The van der Waals surface area contributed by atoms with Crippen molar-refractivity contribution in [2.24, 2.45) is 0 Å². The van der Waals surface area contributed by atoms with E-state index in [1.165, 1.54) is 23.7 Å². The van der Waals surface area contributed by atoms with Crippen LogP contribution in [-0.2, 0) is 6.54 Å². The maximum atomic E-state index is 5.21. The van der Waals surface area contributed by atoms with Gasteiger partial charge in [0.05, 0.1) is 12.8 Å². The monoisotopic (exact) mass is 351 g/mol. The SMILES string of the molecule is CC[Si](C#Cc1ccccc1NCc1ccc(OC)cc1)(CC)CC. The first kappa shape index (κ1) is 19.1. The minimum atomic E-state index is -1.42. The second-order valence-corrected chi connectivity index (χ2v) is 11.3. The highest BCUT2D eigenvalue weighted by Gasteiger charge is 2.24. The first-order valence-corrected chi connectivity index (χ1v) is 11.8. The fourth-order valence-corrected chi connectivity index (χ4v) is 5.33. The van der Waals surface area contributed by atoms with Gasteiger partial charge < -0.3 is 10.1 Å². The van der Waals surface area contributed by atoms with Crippen LogP contribution in [0.4, 0.5) is 5.69 Å². The molecule has 1 N–H and O–H groups in total. The molecule has 0 radical (unpaired) electrons. The predicted octanol–water partition coefficient (Wildman–Crippen LogP) is 5.71. The van der Waals surface area contributed by atoms with Crippen LogP contribution < -0.4 is 10.1 Å². The zero-order valence-corrected chi connectivity index (χ0v) is 16.9. The molecule has 0 saturated carbocycles. The Morgan fingerprint density at radius 2 is 1.56 bits per heavy atom. The highest BCUT2D eigenvalue weighted by atomic mass is 28.3. The average molecular weight is 352 g/mol. The Bertz CT molecular complexity index is 715. The van der Waals surface area contributed by atoms with E-state index in [-0.39, 0.29) is 0 Å². The van der Waals surface area contributed by atoms with Crippen LogP contribution in [0, 0.1) is 11.5 Å². The summed E-state index contributed by atoms with van der Waals surface area (Å²) in [7, 11) is 0.266. The number of benzene rings is 2. The molecule has 2 rings (SSSR count). The lowest BCUT2D eigenvalue weighted by Crippen LogP contribution is -2.29. The van der Waals surface area contributed by atoms with Gasteiger partial charge in [0.2, 0.25) is 0 Å². The van der Waals surface area contributed by atoms with E-state index < -0.39 is 8.07 Å². The van der Waals surface area contributed by atoms with Gasteiger partial charge in [-0.3, -0.25) is 0 Å². The molecule has 132 valence electrons. The summed E-state index contributed by atoms with van der Waals surface area (Å²) in [6, 6.07) is 20.2. The van der Waals surface area contributed by atoms with Crippen LogP contribution in [0.2, 0.25) is 18.1 Å². The van der Waals surface area contributed by atoms with E-state index in [9.17, 15) is 0 Å². The molecule has 0 heterocycles. The van der Waals surface area contributed by atoms with Crippen molar-refractivity contribution in [2.75, 3.05) is 12.4 Å². The molecule has 25 heavy (non-hydrogen) atoms. The van der Waals surface area contributed by atoms with Gasteiger partial charge in [-0.15, -0.1) is 5.54 Å².